The van der Waals surface area contributed by atoms with Crippen LogP contribution in [0.15, 0.2) is 81.7 Å². The molecule has 0 aliphatic carbocycles. The second kappa shape index (κ2) is 7.63. The van der Waals surface area contributed by atoms with Crippen LogP contribution in [-0.2, 0) is 4.79 Å². The lowest BCUT2D eigenvalue weighted by atomic mass is 10.2. The molecule has 0 radical (unpaired) electrons. The molecule has 1 heterocycles. The lowest BCUT2D eigenvalue weighted by molar-refractivity contribution is -0.118. The molecule has 3 aromatic carbocycles. The molecule has 0 spiro atoms. The van der Waals surface area contributed by atoms with Crippen LogP contribution in [0.3, 0.4) is 0 Å². The number of anilines is 1. The maximum absolute atomic E-state index is 12.1. The van der Waals surface area contributed by atoms with Gasteiger partial charge in [0, 0.05) is 15.7 Å². The number of amides is 1. The number of hydrogen-bond donors (Lipinski definition) is 1. The largest absolute Gasteiger partial charge is 0.484 e. The topological polar surface area (TPSA) is 64.4 Å². The molecule has 0 unspecified atom stereocenters. The summed E-state index contributed by atoms with van der Waals surface area (Å²) in [5.41, 5.74) is 2.86. The highest BCUT2D eigenvalue weighted by atomic mass is 79.9. The quantitative estimate of drug-likeness (QED) is 0.475. The van der Waals surface area contributed by atoms with Crippen LogP contribution in [0, 0.1) is 0 Å². The van der Waals surface area contributed by atoms with Gasteiger partial charge in [0.05, 0.1) is 0 Å². The number of para-hydroxylation sites is 1. The van der Waals surface area contributed by atoms with E-state index in [4.69, 9.17) is 9.15 Å². The van der Waals surface area contributed by atoms with E-state index in [-0.39, 0.29) is 12.5 Å². The van der Waals surface area contributed by atoms with Gasteiger partial charge in [0.15, 0.2) is 12.2 Å². The van der Waals surface area contributed by atoms with Crippen molar-refractivity contribution in [1.82, 2.24) is 4.98 Å². The van der Waals surface area contributed by atoms with Crippen LogP contribution in [0.2, 0.25) is 0 Å². The van der Waals surface area contributed by atoms with Crippen molar-refractivity contribution in [1.29, 1.82) is 0 Å². The van der Waals surface area contributed by atoms with E-state index in [0.717, 1.165) is 10.0 Å². The molecular formula is C21H15BrN2O3. The van der Waals surface area contributed by atoms with Crippen molar-refractivity contribution in [2.75, 3.05) is 11.9 Å². The zero-order valence-electron chi connectivity index (χ0n) is 14.2. The molecule has 5 nitrogen and oxygen atoms in total. The summed E-state index contributed by atoms with van der Waals surface area (Å²) in [7, 11) is 0. The average Bonchev–Trinajstić information content (AvgIpc) is 3.11. The number of aromatic nitrogens is 1. The second-order valence-electron chi connectivity index (χ2n) is 5.86. The SMILES string of the molecule is O=C(COc1ccccc1)Nc1ccc2oc(-c3ccc(Br)cc3)nc2c1. The third-order valence-corrected chi connectivity index (χ3v) is 4.40. The lowest BCUT2D eigenvalue weighted by Gasteiger charge is -2.07. The predicted molar refractivity (Wildman–Crippen MR) is 108 cm³/mol. The van der Waals surface area contributed by atoms with Crippen LogP contribution >= 0.6 is 15.9 Å². The Morgan fingerprint density at radius 2 is 1.81 bits per heavy atom. The molecule has 0 aliphatic rings. The number of hydrogen-bond acceptors (Lipinski definition) is 4. The third-order valence-electron chi connectivity index (χ3n) is 3.88. The van der Waals surface area contributed by atoms with Crippen LogP contribution in [0.4, 0.5) is 5.69 Å². The first-order chi connectivity index (χ1) is 13.2. The molecule has 1 N–H and O–H groups in total. The van der Waals surface area contributed by atoms with Crippen molar-refractivity contribution in [3.8, 4) is 17.2 Å². The Labute approximate surface area is 164 Å². The Bertz CT molecular complexity index is 1080. The Morgan fingerprint density at radius 3 is 2.59 bits per heavy atom. The van der Waals surface area contributed by atoms with E-state index in [9.17, 15) is 4.79 Å². The fourth-order valence-corrected chi connectivity index (χ4v) is 2.85. The van der Waals surface area contributed by atoms with Gasteiger partial charge in [0.2, 0.25) is 5.89 Å². The van der Waals surface area contributed by atoms with Crippen molar-refractivity contribution in [2.24, 2.45) is 0 Å². The van der Waals surface area contributed by atoms with Gasteiger partial charge in [0.25, 0.3) is 5.91 Å². The van der Waals surface area contributed by atoms with Gasteiger partial charge >= 0.3 is 0 Å². The summed E-state index contributed by atoms with van der Waals surface area (Å²) in [5, 5.41) is 2.81. The van der Waals surface area contributed by atoms with E-state index < -0.39 is 0 Å². The number of fused-ring (bicyclic) bond motifs is 1. The summed E-state index contributed by atoms with van der Waals surface area (Å²) < 4.78 is 12.2. The number of benzene rings is 3. The molecule has 1 amide bonds. The van der Waals surface area contributed by atoms with Gasteiger partial charge in [-0.1, -0.05) is 34.1 Å². The molecule has 6 heteroatoms. The molecule has 0 saturated heterocycles. The molecule has 0 bridgehead atoms. The van der Waals surface area contributed by atoms with Crippen LogP contribution in [0.25, 0.3) is 22.6 Å². The summed E-state index contributed by atoms with van der Waals surface area (Å²) >= 11 is 3.41. The molecule has 134 valence electrons. The van der Waals surface area contributed by atoms with Gasteiger partial charge in [0.1, 0.15) is 11.3 Å². The number of carbonyl (C=O) groups is 1. The molecule has 1 aromatic heterocycles. The second-order valence-corrected chi connectivity index (χ2v) is 6.77. The predicted octanol–water partition coefficient (Wildman–Crippen LogP) is 5.27. The minimum atomic E-state index is -0.241. The van der Waals surface area contributed by atoms with Crippen LogP contribution in [0.5, 0.6) is 5.75 Å². The number of nitrogens with zero attached hydrogens (tertiary/aromatic N) is 1. The highest BCUT2D eigenvalue weighted by Gasteiger charge is 2.10. The molecule has 4 aromatic rings. The van der Waals surface area contributed by atoms with Gasteiger partial charge in [-0.05, 0) is 54.6 Å². The minimum Gasteiger partial charge on any atom is -0.484 e. The zero-order valence-corrected chi connectivity index (χ0v) is 15.8. The van der Waals surface area contributed by atoms with E-state index in [2.05, 4.69) is 26.2 Å². The maximum Gasteiger partial charge on any atom is 0.262 e. The van der Waals surface area contributed by atoms with Crippen LogP contribution < -0.4 is 10.1 Å². The first-order valence-corrected chi connectivity index (χ1v) is 9.11. The molecule has 4 rings (SSSR count). The minimum absolute atomic E-state index is 0.0645. The Kier molecular flexibility index (Phi) is 4.89. The maximum atomic E-state index is 12.1. The third kappa shape index (κ3) is 4.17. The van der Waals surface area contributed by atoms with Gasteiger partial charge in [-0.2, -0.15) is 0 Å². The number of carbonyl (C=O) groups excluding carboxylic acids is 1. The smallest absolute Gasteiger partial charge is 0.262 e. The molecule has 0 saturated carbocycles. The van der Waals surface area contributed by atoms with Gasteiger partial charge < -0.3 is 14.5 Å². The van der Waals surface area contributed by atoms with E-state index in [1.807, 2.05) is 42.5 Å². The van der Waals surface area contributed by atoms with E-state index in [1.165, 1.54) is 0 Å². The summed E-state index contributed by atoms with van der Waals surface area (Å²) in [5.74, 6) is 0.946. The number of nitrogens with one attached hydrogen (secondary N) is 1. The number of rotatable bonds is 5. The van der Waals surface area contributed by atoms with Crippen molar-refractivity contribution in [2.45, 2.75) is 0 Å². The zero-order chi connectivity index (χ0) is 18.6. The van der Waals surface area contributed by atoms with Crippen molar-refractivity contribution < 1.29 is 13.9 Å². The standard InChI is InChI=1S/C21H15BrN2O3/c22-15-8-6-14(7-9-15)21-24-18-12-16(10-11-19(18)27-21)23-20(25)13-26-17-4-2-1-3-5-17/h1-12H,13H2,(H,23,25). The van der Waals surface area contributed by atoms with E-state index >= 15 is 0 Å². The highest BCUT2D eigenvalue weighted by molar-refractivity contribution is 9.10. The summed E-state index contributed by atoms with van der Waals surface area (Å²) in [4.78, 5) is 16.6. The molecule has 0 fully saturated rings. The number of oxazole rings is 1. The molecule has 27 heavy (non-hydrogen) atoms. The lowest BCUT2D eigenvalue weighted by Crippen LogP contribution is -2.20. The van der Waals surface area contributed by atoms with Gasteiger partial charge in [-0.3, -0.25) is 4.79 Å². The summed E-state index contributed by atoms with van der Waals surface area (Å²) in [6.45, 7) is -0.0645. The normalized spacial score (nSPS) is 10.7. The first-order valence-electron chi connectivity index (χ1n) is 8.32. The molecule has 0 atom stereocenters. The molecule has 0 aliphatic heterocycles. The monoisotopic (exact) mass is 422 g/mol. The summed E-state index contributed by atoms with van der Waals surface area (Å²) in [6.07, 6.45) is 0. The van der Waals surface area contributed by atoms with E-state index in [1.54, 1.807) is 30.3 Å². The first kappa shape index (κ1) is 17.3. The van der Waals surface area contributed by atoms with Gasteiger partial charge in [-0.15, -0.1) is 0 Å². The fourth-order valence-electron chi connectivity index (χ4n) is 2.58. The van der Waals surface area contributed by atoms with Gasteiger partial charge in [-0.25, -0.2) is 4.98 Å². The van der Waals surface area contributed by atoms with E-state index in [0.29, 0.717) is 28.4 Å². The van der Waals surface area contributed by atoms with Crippen LogP contribution in [-0.4, -0.2) is 17.5 Å². The van der Waals surface area contributed by atoms with Crippen molar-refractivity contribution in [3.05, 3.63) is 77.3 Å². The number of halogens is 1. The fraction of sp³-hybridized carbons (Fsp3) is 0.0476. The number of ether oxygens (including phenoxy) is 1. The molecular weight excluding hydrogens is 408 g/mol. The van der Waals surface area contributed by atoms with Crippen LogP contribution in [0.1, 0.15) is 0 Å². The summed E-state index contributed by atoms with van der Waals surface area (Å²) in [6, 6.07) is 22.3. The average molecular weight is 423 g/mol. The van der Waals surface area contributed by atoms with Crippen molar-refractivity contribution >= 4 is 38.6 Å². The Morgan fingerprint density at radius 1 is 1.04 bits per heavy atom. The van der Waals surface area contributed by atoms with Crippen molar-refractivity contribution in [3.63, 3.8) is 0 Å². The Balaban J connectivity index is 1.46. The Hall–Kier alpha value is -3.12. The highest BCUT2D eigenvalue weighted by Crippen LogP contribution is 2.27.